The Bertz CT molecular complexity index is 836. The molecule has 140 valence electrons. The molecular formula is C21H23N3O2S. The highest BCUT2D eigenvalue weighted by molar-refractivity contribution is 8.15. The number of amides is 1. The first-order valence-electron chi connectivity index (χ1n) is 8.99. The lowest BCUT2D eigenvalue weighted by atomic mass is 10.2. The number of carbonyl (C=O) groups excluding carboxylic acids is 1. The molecule has 1 aliphatic rings. The highest BCUT2D eigenvalue weighted by Crippen LogP contribution is 2.31. The summed E-state index contributed by atoms with van der Waals surface area (Å²) in [5.41, 5.74) is 1.92. The molecule has 1 amide bonds. The van der Waals surface area contributed by atoms with E-state index in [1.54, 1.807) is 18.2 Å². The van der Waals surface area contributed by atoms with Crippen LogP contribution in [-0.2, 0) is 11.3 Å². The first kappa shape index (κ1) is 19.2. The van der Waals surface area contributed by atoms with Gasteiger partial charge in [0.2, 0.25) is 5.91 Å². The highest BCUT2D eigenvalue weighted by atomic mass is 32.2. The van der Waals surface area contributed by atoms with Crippen LogP contribution >= 0.6 is 11.8 Å². The van der Waals surface area contributed by atoms with Crippen LogP contribution in [0.3, 0.4) is 0 Å². The van der Waals surface area contributed by atoms with Crippen molar-refractivity contribution in [2.75, 3.05) is 7.11 Å². The molecule has 0 radical (unpaired) electrons. The topological polar surface area (TPSA) is 54.3 Å². The van der Waals surface area contributed by atoms with Crippen LogP contribution in [0.5, 0.6) is 5.75 Å². The first-order valence-corrected chi connectivity index (χ1v) is 9.87. The van der Waals surface area contributed by atoms with E-state index in [1.807, 2.05) is 54.6 Å². The fourth-order valence-corrected chi connectivity index (χ4v) is 4.07. The number of ether oxygens (including phenoxy) is 1. The summed E-state index contributed by atoms with van der Waals surface area (Å²) in [5, 5.41) is 9.14. The second-order valence-electron chi connectivity index (χ2n) is 6.17. The van der Waals surface area contributed by atoms with E-state index >= 15 is 0 Å². The van der Waals surface area contributed by atoms with E-state index in [4.69, 9.17) is 4.74 Å². The molecule has 27 heavy (non-hydrogen) atoms. The van der Waals surface area contributed by atoms with E-state index in [2.05, 4.69) is 17.1 Å². The molecule has 1 heterocycles. The molecule has 6 heteroatoms. The standard InChI is InChI=1S/C21H23N3O2S/c1-3-9-19-20(25)24(15-16-10-5-4-6-11-16)21(27-19)23-22-14-17-12-7-8-13-18(17)26-2/h4-8,10-14,19H,3,9,15H2,1-2H3/b22-14-,23-21+/t19-/m0/s1. The fourth-order valence-electron chi connectivity index (χ4n) is 2.86. The molecule has 0 aromatic heterocycles. The van der Waals surface area contributed by atoms with Crippen LogP contribution < -0.4 is 4.74 Å². The van der Waals surface area contributed by atoms with E-state index in [0.29, 0.717) is 11.7 Å². The SMILES string of the molecule is CCC[C@@H]1S/C(=N/N=C\c2ccccc2OC)N(Cc2ccccc2)C1=O. The predicted molar refractivity (Wildman–Crippen MR) is 111 cm³/mol. The number of hydrogen-bond acceptors (Lipinski definition) is 5. The lowest BCUT2D eigenvalue weighted by Crippen LogP contribution is -2.31. The van der Waals surface area contributed by atoms with Crippen LogP contribution in [0.15, 0.2) is 64.8 Å². The molecule has 3 rings (SSSR count). The lowest BCUT2D eigenvalue weighted by Gasteiger charge is -2.15. The van der Waals surface area contributed by atoms with Gasteiger partial charge >= 0.3 is 0 Å². The summed E-state index contributed by atoms with van der Waals surface area (Å²) >= 11 is 1.50. The average molecular weight is 382 g/mol. The predicted octanol–water partition coefficient (Wildman–Crippen LogP) is 4.33. The lowest BCUT2D eigenvalue weighted by molar-refractivity contribution is -0.126. The summed E-state index contributed by atoms with van der Waals surface area (Å²) in [4.78, 5) is 14.5. The van der Waals surface area contributed by atoms with Crippen LogP contribution in [0.1, 0.15) is 30.9 Å². The first-order chi connectivity index (χ1) is 13.2. The van der Waals surface area contributed by atoms with Crippen molar-refractivity contribution in [2.45, 2.75) is 31.6 Å². The summed E-state index contributed by atoms with van der Waals surface area (Å²) in [6.07, 6.45) is 3.45. The van der Waals surface area contributed by atoms with Gasteiger partial charge in [0.25, 0.3) is 0 Å². The normalized spacial score (nSPS) is 18.6. The zero-order valence-electron chi connectivity index (χ0n) is 15.5. The van der Waals surface area contributed by atoms with E-state index in [1.165, 1.54) is 11.8 Å². The highest BCUT2D eigenvalue weighted by Gasteiger charge is 2.37. The minimum atomic E-state index is -0.0843. The summed E-state index contributed by atoms with van der Waals surface area (Å²) < 4.78 is 5.32. The maximum atomic E-state index is 12.8. The molecule has 0 saturated carbocycles. The Labute approximate surface area is 164 Å². The molecule has 0 N–H and O–H groups in total. The number of methoxy groups -OCH3 is 1. The van der Waals surface area contributed by atoms with Gasteiger partial charge in [-0.3, -0.25) is 9.69 Å². The second kappa shape index (κ2) is 9.37. The van der Waals surface area contributed by atoms with Crippen molar-refractivity contribution in [1.82, 2.24) is 4.90 Å². The summed E-state index contributed by atoms with van der Waals surface area (Å²) in [6, 6.07) is 17.6. The van der Waals surface area contributed by atoms with Gasteiger partial charge in [-0.25, -0.2) is 0 Å². The molecule has 5 nitrogen and oxygen atoms in total. The molecular weight excluding hydrogens is 358 g/mol. The Morgan fingerprint density at radius 1 is 1.15 bits per heavy atom. The number of para-hydroxylation sites is 1. The Morgan fingerprint density at radius 3 is 2.63 bits per heavy atom. The average Bonchev–Trinajstić information content (AvgIpc) is 2.98. The van der Waals surface area contributed by atoms with Gasteiger partial charge < -0.3 is 4.74 Å². The van der Waals surface area contributed by atoms with Gasteiger partial charge in [-0.05, 0) is 24.1 Å². The van der Waals surface area contributed by atoms with Crippen molar-refractivity contribution >= 4 is 29.1 Å². The summed E-state index contributed by atoms with van der Waals surface area (Å²) in [5.74, 6) is 0.846. The minimum absolute atomic E-state index is 0.0843. The van der Waals surface area contributed by atoms with E-state index < -0.39 is 0 Å². The van der Waals surface area contributed by atoms with Gasteiger partial charge in [0, 0.05) is 5.56 Å². The van der Waals surface area contributed by atoms with E-state index in [-0.39, 0.29) is 11.2 Å². The van der Waals surface area contributed by atoms with Crippen molar-refractivity contribution in [3.8, 4) is 5.75 Å². The van der Waals surface area contributed by atoms with Gasteiger partial charge in [-0.2, -0.15) is 5.10 Å². The Kier molecular flexibility index (Phi) is 6.65. The van der Waals surface area contributed by atoms with Crippen LogP contribution in [0.4, 0.5) is 0 Å². The third-order valence-electron chi connectivity index (χ3n) is 4.23. The number of hydrogen-bond donors (Lipinski definition) is 0. The molecule has 1 fully saturated rings. The molecule has 1 saturated heterocycles. The number of nitrogens with zero attached hydrogens (tertiary/aromatic N) is 3. The van der Waals surface area contributed by atoms with Crippen LogP contribution in [0.2, 0.25) is 0 Å². The summed E-state index contributed by atoms with van der Waals surface area (Å²) in [7, 11) is 1.63. The van der Waals surface area contributed by atoms with Crippen LogP contribution in [0.25, 0.3) is 0 Å². The van der Waals surface area contributed by atoms with Gasteiger partial charge in [0.05, 0.1) is 25.1 Å². The van der Waals surface area contributed by atoms with Crippen molar-refractivity contribution in [1.29, 1.82) is 0 Å². The Balaban J connectivity index is 1.82. The number of thioether (sulfide) groups is 1. The maximum absolute atomic E-state index is 12.8. The fraction of sp³-hybridized carbons (Fsp3) is 0.286. The monoisotopic (exact) mass is 381 g/mol. The zero-order chi connectivity index (χ0) is 19.1. The third kappa shape index (κ3) is 4.77. The van der Waals surface area contributed by atoms with Crippen LogP contribution in [-0.4, -0.2) is 34.5 Å². The molecule has 2 aromatic rings. The minimum Gasteiger partial charge on any atom is -0.496 e. The second-order valence-corrected chi connectivity index (χ2v) is 7.34. The van der Waals surface area contributed by atoms with Crippen LogP contribution in [0, 0.1) is 0 Å². The number of amidine groups is 1. The van der Waals surface area contributed by atoms with Gasteiger partial charge in [-0.15, -0.1) is 5.10 Å². The maximum Gasteiger partial charge on any atom is 0.242 e. The van der Waals surface area contributed by atoms with Gasteiger partial charge in [-0.1, -0.05) is 67.6 Å². The number of carbonyl (C=O) groups is 1. The Hall–Kier alpha value is -2.60. The van der Waals surface area contributed by atoms with Gasteiger partial charge in [0.15, 0.2) is 5.17 Å². The largest absolute Gasteiger partial charge is 0.496 e. The summed E-state index contributed by atoms with van der Waals surface area (Å²) in [6.45, 7) is 2.60. The van der Waals surface area contributed by atoms with Crippen molar-refractivity contribution in [3.63, 3.8) is 0 Å². The molecule has 0 unspecified atom stereocenters. The molecule has 0 spiro atoms. The van der Waals surface area contributed by atoms with E-state index in [0.717, 1.165) is 29.7 Å². The van der Waals surface area contributed by atoms with Crippen molar-refractivity contribution in [2.24, 2.45) is 10.2 Å². The zero-order valence-corrected chi connectivity index (χ0v) is 16.4. The smallest absolute Gasteiger partial charge is 0.242 e. The molecule has 0 aliphatic carbocycles. The van der Waals surface area contributed by atoms with Crippen molar-refractivity contribution in [3.05, 3.63) is 65.7 Å². The van der Waals surface area contributed by atoms with E-state index in [9.17, 15) is 4.79 Å². The number of rotatable bonds is 7. The quantitative estimate of drug-likeness (QED) is 0.530. The third-order valence-corrected chi connectivity index (χ3v) is 5.47. The van der Waals surface area contributed by atoms with Crippen molar-refractivity contribution < 1.29 is 9.53 Å². The van der Waals surface area contributed by atoms with Gasteiger partial charge in [0.1, 0.15) is 5.75 Å². The Morgan fingerprint density at radius 2 is 1.89 bits per heavy atom. The molecule has 2 aromatic carbocycles. The molecule has 1 aliphatic heterocycles. The molecule has 0 bridgehead atoms. The molecule has 1 atom stereocenters. The number of benzene rings is 2.